The quantitative estimate of drug-likeness (QED) is 0.885. The summed E-state index contributed by atoms with van der Waals surface area (Å²) in [6, 6.07) is 4.19. The molecule has 3 rings (SSSR count). The number of nitrogens with one attached hydrogen (secondary N) is 1. The van der Waals surface area contributed by atoms with E-state index in [2.05, 4.69) is 12.2 Å². The number of carbonyl (C=O) groups is 2. The van der Waals surface area contributed by atoms with E-state index in [9.17, 15) is 9.59 Å². The molecule has 2 aliphatic rings. The molecule has 148 valence electrons. The van der Waals surface area contributed by atoms with Crippen molar-refractivity contribution in [2.75, 3.05) is 26.2 Å². The monoisotopic (exact) mass is 372 g/mol. The maximum atomic E-state index is 13.3. The van der Waals surface area contributed by atoms with Gasteiger partial charge in [0.25, 0.3) is 5.91 Å². The van der Waals surface area contributed by atoms with Crippen LogP contribution in [0.4, 0.5) is 4.79 Å². The van der Waals surface area contributed by atoms with Gasteiger partial charge < -0.3 is 15.1 Å². The van der Waals surface area contributed by atoms with Crippen molar-refractivity contribution in [3.8, 4) is 0 Å². The smallest absolute Gasteiger partial charge is 0.317 e. The van der Waals surface area contributed by atoms with Gasteiger partial charge in [0, 0.05) is 43.8 Å². The van der Waals surface area contributed by atoms with Gasteiger partial charge >= 0.3 is 6.03 Å². The van der Waals surface area contributed by atoms with Crippen LogP contribution in [-0.4, -0.2) is 58.9 Å². The highest BCUT2D eigenvalue weighted by atomic mass is 16.2. The van der Waals surface area contributed by atoms with Crippen LogP contribution in [0.1, 0.15) is 73.6 Å². The second-order valence-electron chi connectivity index (χ2n) is 7.83. The fourth-order valence-corrected chi connectivity index (χ4v) is 4.24. The molecule has 1 unspecified atom stereocenters. The predicted octanol–water partition coefficient (Wildman–Crippen LogP) is 3.31. The molecule has 0 aliphatic carbocycles. The molecule has 0 aromatic carbocycles. The molecule has 3 amide bonds. The van der Waals surface area contributed by atoms with E-state index >= 15 is 0 Å². The van der Waals surface area contributed by atoms with Gasteiger partial charge in [-0.1, -0.05) is 0 Å². The van der Waals surface area contributed by atoms with Crippen LogP contribution in [-0.2, 0) is 0 Å². The Hall–Kier alpha value is -2.11. The highest BCUT2D eigenvalue weighted by Crippen LogP contribution is 2.31. The Balaban J connectivity index is 1.77. The Morgan fingerprint density at radius 2 is 1.89 bits per heavy atom. The lowest BCUT2D eigenvalue weighted by Gasteiger charge is -2.35. The van der Waals surface area contributed by atoms with Crippen LogP contribution in [0.2, 0.25) is 0 Å². The first kappa shape index (κ1) is 19.6. The fourth-order valence-electron chi connectivity index (χ4n) is 4.24. The van der Waals surface area contributed by atoms with Gasteiger partial charge in [-0.25, -0.2) is 4.79 Å². The summed E-state index contributed by atoms with van der Waals surface area (Å²) >= 11 is 0. The number of nitrogens with zero attached hydrogens (tertiary/aromatic N) is 3. The van der Waals surface area contributed by atoms with Crippen LogP contribution in [0.5, 0.6) is 0 Å². The van der Waals surface area contributed by atoms with Crippen molar-refractivity contribution in [2.45, 2.75) is 64.8 Å². The number of amides is 3. The number of urea groups is 1. The van der Waals surface area contributed by atoms with Crippen molar-refractivity contribution in [1.82, 2.24) is 20.1 Å². The third-order valence-corrected chi connectivity index (χ3v) is 5.86. The molecular weight excluding hydrogens is 340 g/mol. The highest BCUT2D eigenvalue weighted by Gasteiger charge is 2.31. The normalized spacial score (nSPS) is 21.2. The number of aromatic nitrogens is 1. The van der Waals surface area contributed by atoms with Gasteiger partial charge in [-0.05, 0) is 65.0 Å². The van der Waals surface area contributed by atoms with Crippen LogP contribution >= 0.6 is 0 Å². The number of pyridine rings is 1. The van der Waals surface area contributed by atoms with Crippen LogP contribution < -0.4 is 5.32 Å². The number of rotatable bonds is 3. The number of likely N-dealkylation sites (tertiary alicyclic amines) is 2. The first-order chi connectivity index (χ1) is 13.0. The van der Waals surface area contributed by atoms with Crippen molar-refractivity contribution in [3.63, 3.8) is 0 Å². The Kier molecular flexibility index (Phi) is 6.34. The van der Waals surface area contributed by atoms with Crippen LogP contribution in [0, 0.1) is 6.92 Å². The minimum Gasteiger partial charge on any atom is -0.338 e. The van der Waals surface area contributed by atoms with E-state index in [-0.39, 0.29) is 17.9 Å². The molecule has 2 aliphatic heterocycles. The van der Waals surface area contributed by atoms with E-state index in [0.717, 1.165) is 49.2 Å². The van der Waals surface area contributed by atoms with Crippen molar-refractivity contribution in [1.29, 1.82) is 0 Å². The van der Waals surface area contributed by atoms with E-state index in [1.807, 2.05) is 35.8 Å². The predicted molar refractivity (Wildman–Crippen MR) is 106 cm³/mol. The summed E-state index contributed by atoms with van der Waals surface area (Å²) in [6.07, 6.45) is 5.05. The molecule has 0 spiro atoms. The first-order valence-corrected chi connectivity index (χ1v) is 10.3. The maximum Gasteiger partial charge on any atom is 0.317 e. The Morgan fingerprint density at radius 1 is 1.15 bits per heavy atom. The number of carbonyl (C=O) groups excluding carboxylic acids is 2. The first-order valence-electron chi connectivity index (χ1n) is 10.3. The summed E-state index contributed by atoms with van der Waals surface area (Å²) in [5, 5.41) is 2.87. The second-order valence-corrected chi connectivity index (χ2v) is 7.83. The van der Waals surface area contributed by atoms with E-state index in [0.29, 0.717) is 25.7 Å². The molecule has 27 heavy (non-hydrogen) atoms. The molecule has 6 nitrogen and oxygen atoms in total. The molecule has 1 aromatic heterocycles. The lowest BCUT2D eigenvalue weighted by Crippen LogP contribution is -2.45. The Labute approximate surface area is 162 Å². The summed E-state index contributed by atoms with van der Waals surface area (Å²) in [7, 11) is 0. The zero-order chi connectivity index (χ0) is 19.4. The highest BCUT2D eigenvalue weighted by molar-refractivity contribution is 5.95. The van der Waals surface area contributed by atoms with Gasteiger partial charge in [0.15, 0.2) is 0 Å². The van der Waals surface area contributed by atoms with Crippen LogP contribution in [0.15, 0.2) is 12.1 Å². The molecule has 1 atom stereocenters. The van der Waals surface area contributed by atoms with Gasteiger partial charge in [-0.3, -0.25) is 9.78 Å². The summed E-state index contributed by atoms with van der Waals surface area (Å²) in [5.74, 6) is 0.352. The summed E-state index contributed by atoms with van der Waals surface area (Å²) in [4.78, 5) is 34.0. The zero-order valence-electron chi connectivity index (χ0n) is 16.8. The molecular formula is C21H32N4O2. The Morgan fingerprint density at radius 3 is 2.56 bits per heavy atom. The summed E-state index contributed by atoms with van der Waals surface area (Å²) in [5.41, 5.74) is 2.62. The average molecular weight is 373 g/mol. The van der Waals surface area contributed by atoms with Crippen molar-refractivity contribution >= 4 is 11.9 Å². The van der Waals surface area contributed by atoms with Gasteiger partial charge in [0.05, 0.1) is 11.3 Å². The molecule has 0 radical (unpaired) electrons. The maximum absolute atomic E-state index is 13.3. The largest absolute Gasteiger partial charge is 0.338 e. The average Bonchev–Trinajstić information content (AvgIpc) is 2.68. The zero-order valence-corrected chi connectivity index (χ0v) is 16.8. The molecule has 2 saturated heterocycles. The third-order valence-electron chi connectivity index (χ3n) is 5.86. The van der Waals surface area contributed by atoms with Gasteiger partial charge in [0.1, 0.15) is 0 Å². The van der Waals surface area contributed by atoms with Crippen molar-refractivity contribution < 1.29 is 9.59 Å². The third kappa shape index (κ3) is 4.42. The number of aryl methyl sites for hydroxylation is 1. The van der Waals surface area contributed by atoms with Crippen molar-refractivity contribution in [3.05, 3.63) is 29.1 Å². The van der Waals surface area contributed by atoms with E-state index in [4.69, 9.17) is 4.98 Å². The lowest BCUT2D eigenvalue weighted by molar-refractivity contribution is 0.0632. The molecule has 6 heteroatoms. The number of hydrogen-bond acceptors (Lipinski definition) is 3. The molecule has 0 saturated carbocycles. The van der Waals surface area contributed by atoms with Gasteiger partial charge in [-0.15, -0.1) is 0 Å². The molecule has 2 fully saturated rings. The van der Waals surface area contributed by atoms with Crippen LogP contribution in [0.3, 0.4) is 0 Å². The lowest BCUT2D eigenvalue weighted by atomic mass is 9.89. The molecule has 0 bridgehead atoms. The molecule has 1 N–H and O–H groups in total. The fraction of sp³-hybridized carbons (Fsp3) is 0.667. The minimum absolute atomic E-state index is 0.00610. The van der Waals surface area contributed by atoms with E-state index < -0.39 is 0 Å². The summed E-state index contributed by atoms with van der Waals surface area (Å²) in [6.45, 7) is 8.95. The van der Waals surface area contributed by atoms with E-state index in [1.54, 1.807) is 0 Å². The van der Waals surface area contributed by atoms with Gasteiger partial charge in [0.2, 0.25) is 0 Å². The number of piperidine rings is 2. The van der Waals surface area contributed by atoms with Crippen molar-refractivity contribution in [2.24, 2.45) is 0 Å². The van der Waals surface area contributed by atoms with Gasteiger partial charge in [-0.2, -0.15) is 0 Å². The SMILES string of the molecule is CCNC(=O)N1CCC(c2nc(C)ccc2C(=O)N2CCCCC2C)CC1. The Bertz CT molecular complexity index is 683. The summed E-state index contributed by atoms with van der Waals surface area (Å²) < 4.78 is 0. The topological polar surface area (TPSA) is 65.5 Å². The second kappa shape index (κ2) is 8.72. The molecule has 1 aromatic rings. The number of hydrogen-bond donors (Lipinski definition) is 1. The standard InChI is InChI=1S/C21H32N4O2/c1-4-22-21(27)24-13-10-17(11-14-24)19-18(9-8-15(2)23-19)20(26)25-12-6-5-7-16(25)3/h8-9,16-17H,4-7,10-14H2,1-3H3,(H,22,27). The molecule has 3 heterocycles. The minimum atomic E-state index is 0.00610. The van der Waals surface area contributed by atoms with E-state index in [1.165, 1.54) is 6.42 Å². The van der Waals surface area contributed by atoms with Crippen LogP contribution in [0.25, 0.3) is 0 Å².